The molecule has 0 aliphatic heterocycles. The minimum atomic E-state index is -4.37. The van der Waals surface area contributed by atoms with Crippen LogP contribution in [0.5, 0.6) is 0 Å². The van der Waals surface area contributed by atoms with Gasteiger partial charge in [-0.2, -0.15) is 13.2 Å². The number of pyridine rings is 1. The molecule has 1 heterocycles. The molecule has 0 saturated heterocycles. The van der Waals surface area contributed by atoms with Gasteiger partial charge in [0.15, 0.2) is 0 Å². The number of nitrogens with zero attached hydrogens (tertiary/aromatic N) is 1. The molecule has 17 heavy (non-hydrogen) atoms. The molecule has 1 rings (SSSR count). The Labute approximate surface area is 99.3 Å². The van der Waals surface area contributed by atoms with E-state index in [0.29, 0.717) is 5.69 Å². The lowest BCUT2D eigenvalue weighted by Crippen LogP contribution is -2.15. The van der Waals surface area contributed by atoms with Gasteiger partial charge in [0.25, 0.3) is 0 Å². The average Bonchev–Trinajstić information content (AvgIpc) is 2.26. The maximum atomic E-state index is 12.3. The standard InChI is InChI=1S/C12H17F3N2/c1-3-4-5-9(2)17-10-6-7-11(16-8-10)12(13,14)15/h6-9,17H,3-5H2,1-2H3. The first kappa shape index (κ1) is 13.8. The van der Waals surface area contributed by atoms with Crippen LogP contribution < -0.4 is 5.32 Å². The van der Waals surface area contributed by atoms with Crippen molar-refractivity contribution in [3.63, 3.8) is 0 Å². The van der Waals surface area contributed by atoms with Gasteiger partial charge in [0.05, 0.1) is 11.9 Å². The summed E-state index contributed by atoms with van der Waals surface area (Å²) >= 11 is 0. The number of rotatable bonds is 5. The third kappa shape index (κ3) is 4.63. The third-order valence-electron chi connectivity index (χ3n) is 2.46. The molecule has 1 N–H and O–H groups in total. The monoisotopic (exact) mass is 246 g/mol. The predicted octanol–water partition coefficient (Wildman–Crippen LogP) is 4.09. The van der Waals surface area contributed by atoms with Crippen molar-refractivity contribution in [2.45, 2.75) is 45.3 Å². The Morgan fingerprint density at radius 1 is 1.35 bits per heavy atom. The van der Waals surface area contributed by atoms with E-state index < -0.39 is 11.9 Å². The number of anilines is 1. The van der Waals surface area contributed by atoms with Crippen molar-refractivity contribution in [2.24, 2.45) is 0 Å². The first-order valence-electron chi connectivity index (χ1n) is 5.73. The molecule has 0 spiro atoms. The van der Waals surface area contributed by atoms with E-state index >= 15 is 0 Å². The second kappa shape index (κ2) is 5.89. The van der Waals surface area contributed by atoms with Crippen molar-refractivity contribution in [1.29, 1.82) is 0 Å². The summed E-state index contributed by atoms with van der Waals surface area (Å²) in [7, 11) is 0. The van der Waals surface area contributed by atoms with Crippen LogP contribution >= 0.6 is 0 Å². The Hall–Kier alpha value is -1.26. The summed E-state index contributed by atoms with van der Waals surface area (Å²) in [5.74, 6) is 0. The van der Waals surface area contributed by atoms with E-state index in [4.69, 9.17) is 0 Å². The van der Waals surface area contributed by atoms with Crippen molar-refractivity contribution < 1.29 is 13.2 Å². The first-order chi connectivity index (χ1) is 7.93. The van der Waals surface area contributed by atoms with Gasteiger partial charge in [-0.15, -0.1) is 0 Å². The SMILES string of the molecule is CCCCC(C)Nc1ccc(C(F)(F)F)nc1. The fraction of sp³-hybridized carbons (Fsp3) is 0.583. The molecule has 2 nitrogen and oxygen atoms in total. The molecule has 0 bridgehead atoms. The molecule has 0 fully saturated rings. The van der Waals surface area contributed by atoms with Crippen LogP contribution in [0.25, 0.3) is 0 Å². The fourth-order valence-corrected chi connectivity index (χ4v) is 1.51. The molecule has 1 aromatic rings. The van der Waals surface area contributed by atoms with E-state index in [9.17, 15) is 13.2 Å². The Morgan fingerprint density at radius 2 is 2.06 bits per heavy atom. The van der Waals surface area contributed by atoms with Crippen molar-refractivity contribution in [2.75, 3.05) is 5.32 Å². The normalized spacial score (nSPS) is 13.5. The molecule has 1 unspecified atom stereocenters. The fourth-order valence-electron chi connectivity index (χ4n) is 1.51. The Morgan fingerprint density at radius 3 is 2.53 bits per heavy atom. The smallest absolute Gasteiger partial charge is 0.381 e. The number of halogens is 3. The summed E-state index contributed by atoms with van der Waals surface area (Å²) in [6, 6.07) is 2.65. The minimum Gasteiger partial charge on any atom is -0.381 e. The van der Waals surface area contributed by atoms with Crippen LogP contribution in [-0.2, 0) is 6.18 Å². The van der Waals surface area contributed by atoms with Crippen LogP contribution in [0.1, 0.15) is 38.8 Å². The highest BCUT2D eigenvalue weighted by Crippen LogP contribution is 2.27. The Balaban J connectivity index is 2.56. The molecule has 0 radical (unpaired) electrons. The van der Waals surface area contributed by atoms with Crippen molar-refractivity contribution in [3.05, 3.63) is 24.0 Å². The molecule has 0 amide bonds. The zero-order valence-corrected chi connectivity index (χ0v) is 10.0. The zero-order valence-electron chi connectivity index (χ0n) is 10.0. The average molecular weight is 246 g/mol. The van der Waals surface area contributed by atoms with Gasteiger partial charge in [-0.3, -0.25) is 0 Å². The van der Waals surface area contributed by atoms with E-state index in [2.05, 4.69) is 17.2 Å². The van der Waals surface area contributed by atoms with Gasteiger partial charge >= 0.3 is 6.18 Å². The van der Waals surface area contributed by atoms with Crippen LogP contribution in [0, 0.1) is 0 Å². The van der Waals surface area contributed by atoms with E-state index in [1.165, 1.54) is 12.3 Å². The second-order valence-corrected chi connectivity index (χ2v) is 4.12. The molecular weight excluding hydrogens is 229 g/mol. The van der Waals surface area contributed by atoms with Crippen molar-refractivity contribution in [1.82, 2.24) is 4.98 Å². The predicted molar refractivity (Wildman–Crippen MR) is 61.8 cm³/mol. The highest BCUT2D eigenvalue weighted by atomic mass is 19.4. The van der Waals surface area contributed by atoms with Gasteiger partial charge in [0.2, 0.25) is 0 Å². The van der Waals surface area contributed by atoms with Gasteiger partial charge in [-0.1, -0.05) is 19.8 Å². The number of hydrogen-bond donors (Lipinski definition) is 1. The van der Waals surface area contributed by atoms with E-state index in [1.807, 2.05) is 6.92 Å². The largest absolute Gasteiger partial charge is 0.433 e. The lowest BCUT2D eigenvalue weighted by Gasteiger charge is -2.15. The molecule has 5 heteroatoms. The Bertz CT molecular complexity index is 333. The van der Waals surface area contributed by atoms with E-state index in [0.717, 1.165) is 25.3 Å². The van der Waals surface area contributed by atoms with Crippen LogP contribution in [0.15, 0.2) is 18.3 Å². The quantitative estimate of drug-likeness (QED) is 0.846. The number of alkyl halides is 3. The van der Waals surface area contributed by atoms with Crippen LogP contribution in [-0.4, -0.2) is 11.0 Å². The highest BCUT2D eigenvalue weighted by molar-refractivity contribution is 5.42. The second-order valence-electron chi connectivity index (χ2n) is 4.12. The summed E-state index contributed by atoms with van der Waals surface area (Å²) < 4.78 is 36.8. The maximum absolute atomic E-state index is 12.3. The number of nitrogens with one attached hydrogen (secondary N) is 1. The maximum Gasteiger partial charge on any atom is 0.433 e. The van der Waals surface area contributed by atoms with Crippen LogP contribution in [0.4, 0.5) is 18.9 Å². The molecule has 0 aliphatic carbocycles. The number of hydrogen-bond acceptors (Lipinski definition) is 2. The third-order valence-corrected chi connectivity index (χ3v) is 2.46. The summed E-state index contributed by atoms with van der Waals surface area (Å²) in [4.78, 5) is 3.40. The number of aromatic nitrogens is 1. The molecule has 96 valence electrons. The number of unbranched alkanes of at least 4 members (excludes halogenated alkanes) is 1. The van der Waals surface area contributed by atoms with Crippen molar-refractivity contribution >= 4 is 5.69 Å². The summed E-state index contributed by atoms with van der Waals surface area (Å²) in [5, 5.41) is 3.13. The van der Waals surface area contributed by atoms with Gasteiger partial charge in [-0.25, -0.2) is 4.98 Å². The molecule has 0 saturated carbocycles. The summed E-state index contributed by atoms with van der Waals surface area (Å²) in [5.41, 5.74) is -0.231. The van der Waals surface area contributed by atoms with E-state index in [1.54, 1.807) is 0 Å². The molecule has 0 aliphatic rings. The van der Waals surface area contributed by atoms with Crippen LogP contribution in [0.2, 0.25) is 0 Å². The van der Waals surface area contributed by atoms with Gasteiger partial charge in [0.1, 0.15) is 5.69 Å². The van der Waals surface area contributed by atoms with Crippen LogP contribution in [0.3, 0.4) is 0 Å². The molecular formula is C12H17F3N2. The van der Waals surface area contributed by atoms with Gasteiger partial charge < -0.3 is 5.32 Å². The van der Waals surface area contributed by atoms with E-state index in [-0.39, 0.29) is 6.04 Å². The van der Waals surface area contributed by atoms with Crippen molar-refractivity contribution in [3.8, 4) is 0 Å². The molecule has 1 atom stereocenters. The summed E-state index contributed by atoms with van der Waals surface area (Å²) in [6.45, 7) is 4.11. The minimum absolute atomic E-state index is 0.244. The summed E-state index contributed by atoms with van der Waals surface area (Å²) in [6.07, 6.45) is 0.0641. The highest BCUT2D eigenvalue weighted by Gasteiger charge is 2.31. The zero-order chi connectivity index (χ0) is 12.9. The molecule has 1 aromatic heterocycles. The Kier molecular flexibility index (Phi) is 4.78. The lowest BCUT2D eigenvalue weighted by molar-refractivity contribution is -0.141. The molecule has 0 aromatic carbocycles. The van der Waals surface area contributed by atoms with Gasteiger partial charge in [-0.05, 0) is 25.5 Å². The lowest BCUT2D eigenvalue weighted by atomic mass is 10.1. The van der Waals surface area contributed by atoms with Gasteiger partial charge in [0, 0.05) is 6.04 Å². The topological polar surface area (TPSA) is 24.9 Å². The first-order valence-corrected chi connectivity index (χ1v) is 5.73.